The molecule has 0 radical (unpaired) electrons. The summed E-state index contributed by atoms with van der Waals surface area (Å²) in [5.74, 6) is 1.11. The van der Waals surface area contributed by atoms with Crippen LogP contribution in [0.15, 0.2) is 22.7 Å². The normalized spacial score (nSPS) is 33.6. The Kier molecular flexibility index (Phi) is 2.37. The quantitative estimate of drug-likeness (QED) is 0.758. The van der Waals surface area contributed by atoms with Gasteiger partial charge in [-0.1, -0.05) is 34.8 Å². The van der Waals surface area contributed by atoms with Gasteiger partial charge < -0.3 is 5.11 Å². The van der Waals surface area contributed by atoms with Crippen molar-refractivity contribution in [1.29, 1.82) is 0 Å². The first-order valence-corrected chi connectivity index (χ1v) is 6.54. The predicted molar refractivity (Wildman–Crippen MR) is 63.8 cm³/mol. The number of fused-ring (bicyclic) bond motifs is 3. The van der Waals surface area contributed by atoms with Gasteiger partial charge in [0.15, 0.2) is 0 Å². The predicted octanol–water partition coefficient (Wildman–Crippen LogP) is 3.77. The molecule has 1 nitrogen and oxygen atoms in total. The zero-order chi connectivity index (χ0) is 10.4. The van der Waals surface area contributed by atoms with Crippen molar-refractivity contribution in [3.8, 4) is 0 Å². The van der Waals surface area contributed by atoms with E-state index in [4.69, 9.17) is 0 Å². The maximum absolute atomic E-state index is 10.3. The highest BCUT2D eigenvalue weighted by Crippen LogP contribution is 2.52. The molecule has 1 saturated carbocycles. The molecule has 0 heterocycles. The van der Waals surface area contributed by atoms with Gasteiger partial charge in [0.05, 0.1) is 6.10 Å². The van der Waals surface area contributed by atoms with Gasteiger partial charge >= 0.3 is 0 Å². The molecule has 0 unspecified atom stereocenters. The molecule has 15 heavy (non-hydrogen) atoms. The molecule has 0 amide bonds. The van der Waals surface area contributed by atoms with E-state index in [9.17, 15) is 5.11 Å². The molecule has 1 aromatic carbocycles. The summed E-state index contributed by atoms with van der Waals surface area (Å²) < 4.78 is 1.08. The molecule has 0 aromatic heterocycles. The maximum Gasteiger partial charge on any atom is 0.0827 e. The van der Waals surface area contributed by atoms with Crippen LogP contribution < -0.4 is 0 Å². The summed E-state index contributed by atoms with van der Waals surface area (Å²) in [7, 11) is 0. The van der Waals surface area contributed by atoms with Crippen molar-refractivity contribution in [3.05, 3.63) is 33.8 Å². The Bertz CT molecular complexity index is 388. The van der Waals surface area contributed by atoms with Gasteiger partial charge in [-0.2, -0.15) is 0 Å². The molecule has 1 N–H and O–H groups in total. The van der Waals surface area contributed by atoms with E-state index in [1.165, 1.54) is 36.8 Å². The Morgan fingerprint density at radius 3 is 2.80 bits per heavy atom. The third-order valence-corrected chi connectivity index (χ3v) is 4.49. The third kappa shape index (κ3) is 1.46. The molecular formula is C13H15BrO. The van der Waals surface area contributed by atoms with Crippen molar-refractivity contribution in [3.63, 3.8) is 0 Å². The van der Waals surface area contributed by atoms with Gasteiger partial charge in [-0.3, -0.25) is 0 Å². The second-order valence-corrected chi connectivity index (χ2v) is 5.69. The van der Waals surface area contributed by atoms with Crippen molar-refractivity contribution in [2.45, 2.75) is 37.7 Å². The van der Waals surface area contributed by atoms with Crippen LogP contribution in [0.1, 0.15) is 48.8 Å². The lowest BCUT2D eigenvalue weighted by atomic mass is 9.79. The topological polar surface area (TPSA) is 20.2 Å². The summed E-state index contributed by atoms with van der Waals surface area (Å²) in [5, 5.41) is 10.3. The molecule has 80 valence electrons. The van der Waals surface area contributed by atoms with Crippen LogP contribution in [0.2, 0.25) is 0 Å². The molecule has 0 saturated heterocycles. The fourth-order valence-corrected chi connectivity index (χ4v) is 3.67. The molecule has 0 bridgehead atoms. The summed E-state index contributed by atoms with van der Waals surface area (Å²) in [6.07, 6.45) is 4.84. The number of benzene rings is 1. The van der Waals surface area contributed by atoms with Crippen molar-refractivity contribution >= 4 is 15.9 Å². The molecule has 2 aliphatic rings. The SMILES string of the molecule is O[C@@H]1c2cc(Br)ccc2[C@H]2CCCC[C@H]12. The summed E-state index contributed by atoms with van der Waals surface area (Å²) in [5.41, 5.74) is 2.57. The van der Waals surface area contributed by atoms with Gasteiger partial charge in [0.1, 0.15) is 0 Å². The van der Waals surface area contributed by atoms with Gasteiger partial charge in [0.2, 0.25) is 0 Å². The molecule has 2 heteroatoms. The molecule has 0 spiro atoms. The van der Waals surface area contributed by atoms with Gasteiger partial charge in [-0.05, 0) is 47.9 Å². The third-order valence-electron chi connectivity index (χ3n) is 3.99. The number of rotatable bonds is 0. The minimum absolute atomic E-state index is 0.220. The van der Waals surface area contributed by atoms with Gasteiger partial charge in [-0.25, -0.2) is 0 Å². The van der Waals surface area contributed by atoms with Crippen LogP contribution in [-0.4, -0.2) is 5.11 Å². The van der Waals surface area contributed by atoms with Crippen LogP contribution in [0.3, 0.4) is 0 Å². The van der Waals surface area contributed by atoms with Crippen LogP contribution in [0.25, 0.3) is 0 Å². The first kappa shape index (κ1) is 9.86. The van der Waals surface area contributed by atoms with E-state index in [1.807, 2.05) is 0 Å². The number of aliphatic hydroxyl groups excluding tert-OH is 1. The Morgan fingerprint density at radius 2 is 1.93 bits per heavy atom. The zero-order valence-electron chi connectivity index (χ0n) is 8.62. The maximum atomic E-state index is 10.3. The molecule has 2 aliphatic carbocycles. The molecule has 3 rings (SSSR count). The highest BCUT2D eigenvalue weighted by atomic mass is 79.9. The number of hydrogen-bond acceptors (Lipinski definition) is 1. The van der Waals surface area contributed by atoms with Crippen LogP contribution in [-0.2, 0) is 0 Å². The summed E-state index contributed by atoms with van der Waals surface area (Å²) >= 11 is 3.48. The van der Waals surface area contributed by atoms with Crippen molar-refractivity contribution in [2.75, 3.05) is 0 Å². The van der Waals surface area contributed by atoms with Crippen molar-refractivity contribution in [1.82, 2.24) is 0 Å². The van der Waals surface area contributed by atoms with Crippen molar-refractivity contribution in [2.24, 2.45) is 5.92 Å². The number of halogens is 1. The first-order valence-electron chi connectivity index (χ1n) is 5.75. The van der Waals surface area contributed by atoms with E-state index >= 15 is 0 Å². The standard InChI is InChI=1S/C13H15BrO/c14-8-5-6-10-9-3-1-2-4-11(9)13(15)12(10)7-8/h5-7,9,11,13,15H,1-4H2/t9-,11+,13+/m1/s1. The highest BCUT2D eigenvalue weighted by Gasteiger charge is 2.40. The zero-order valence-corrected chi connectivity index (χ0v) is 10.2. The molecule has 0 aliphatic heterocycles. The Morgan fingerprint density at radius 1 is 1.13 bits per heavy atom. The molecular weight excluding hydrogens is 252 g/mol. The fraction of sp³-hybridized carbons (Fsp3) is 0.538. The second kappa shape index (κ2) is 3.60. The van der Waals surface area contributed by atoms with E-state index in [0.717, 1.165) is 4.47 Å². The van der Waals surface area contributed by atoms with Gasteiger partial charge in [0, 0.05) is 4.47 Å². The summed E-state index contributed by atoms with van der Waals surface area (Å²) in [6.45, 7) is 0. The van der Waals surface area contributed by atoms with Crippen LogP contribution in [0, 0.1) is 5.92 Å². The summed E-state index contributed by atoms with van der Waals surface area (Å²) in [6, 6.07) is 6.39. The lowest BCUT2D eigenvalue weighted by Gasteiger charge is -2.27. The van der Waals surface area contributed by atoms with E-state index in [-0.39, 0.29) is 6.10 Å². The highest BCUT2D eigenvalue weighted by molar-refractivity contribution is 9.10. The lowest BCUT2D eigenvalue weighted by molar-refractivity contribution is 0.0907. The molecule has 3 atom stereocenters. The van der Waals surface area contributed by atoms with Gasteiger partial charge in [0.25, 0.3) is 0 Å². The van der Waals surface area contributed by atoms with E-state index in [0.29, 0.717) is 11.8 Å². The monoisotopic (exact) mass is 266 g/mol. The number of aliphatic hydroxyl groups is 1. The Hall–Kier alpha value is -0.340. The fourth-order valence-electron chi connectivity index (χ4n) is 3.29. The van der Waals surface area contributed by atoms with Gasteiger partial charge in [-0.15, -0.1) is 0 Å². The van der Waals surface area contributed by atoms with E-state index in [1.54, 1.807) is 0 Å². The second-order valence-electron chi connectivity index (χ2n) is 4.77. The van der Waals surface area contributed by atoms with Crippen molar-refractivity contribution < 1.29 is 5.11 Å². The van der Waals surface area contributed by atoms with Crippen LogP contribution in [0.5, 0.6) is 0 Å². The average Bonchev–Trinajstić information content (AvgIpc) is 2.54. The van der Waals surface area contributed by atoms with Crippen LogP contribution >= 0.6 is 15.9 Å². The smallest absolute Gasteiger partial charge is 0.0827 e. The minimum atomic E-state index is -0.220. The van der Waals surface area contributed by atoms with E-state index in [2.05, 4.69) is 34.1 Å². The van der Waals surface area contributed by atoms with Crippen LogP contribution in [0.4, 0.5) is 0 Å². The Balaban J connectivity index is 2.07. The molecule has 1 fully saturated rings. The molecule has 1 aromatic rings. The average molecular weight is 267 g/mol. The Labute approximate surface area is 98.6 Å². The number of hydrogen-bond donors (Lipinski definition) is 1. The van der Waals surface area contributed by atoms with E-state index < -0.39 is 0 Å². The lowest BCUT2D eigenvalue weighted by Crippen LogP contribution is -2.16. The largest absolute Gasteiger partial charge is 0.388 e. The summed E-state index contributed by atoms with van der Waals surface area (Å²) in [4.78, 5) is 0. The first-order chi connectivity index (χ1) is 7.27. The minimum Gasteiger partial charge on any atom is -0.388 e.